The summed E-state index contributed by atoms with van der Waals surface area (Å²) in [6.45, 7) is 1.34. The maximum Gasteiger partial charge on any atom is 0.270 e. The van der Waals surface area contributed by atoms with Crippen molar-refractivity contribution < 1.29 is 9.53 Å². The van der Waals surface area contributed by atoms with Gasteiger partial charge in [0.2, 0.25) is 5.56 Å². The van der Waals surface area contributed by atoms with Crippen molar-refractivity contribution in [2.24, 2.45) is 0 Å². The number of aromatic nitrogens is 1. The van der Waals surface area contributed by atoms with Crippen molar-refractivity contribution in [3.05, 3.63) is 34.2 Å². The minimum absolute atomic E-state index is 0.124. The van der Waals surface area contributed by atoms with E-state index in [0.717, 1.165) is 19.4 Å². The quantitative estimate of drug-likeness (QED) is 0.837. The second-order valence-electron chi connectivity index (χ2n) is 4.25. The number of nitrogens with zero attached hydrogens (tertiary/aromatic N) is 1. The highest BCUT2D eigenvalue weighted by Gasteiger charge is 2.21. The van der Waals surface area contributed by atoms with E-state index in [-0.39, 0.29) is 17.6 Å². The number of hydrogen-bond acceptors (Lipinski definition) is 3. The molecule has 0 aliphatic carbocycles. The normalized spacial score (nSPS) is 19.2. The first-order valence-corrected chi connectivity index (χ1v) is 5.73. The van der Waals surface area contributed by atoms with Gasteiger partial charge in [0.1, 0.15) is 5.69 Å². The predicted octanol–water partition coefficient (Wildman–Crippen LogP) is 0.626. The third-order valence-corrected chi connectivity index (χ3v) is 2.85. The van der Waals surface area contributed by atoms with Gasteiger partial charge >= 0.3 is 0 Å². The Labute approximate surface area is 99.4 Å². The van der Waals surface area contributed by atoms with Gasteiger partial charge in [-0.25, -0.2) is 0 Å². The summed E-state index contributed by atoms with van der Waals surface area (Å²) >= 11 is 0. The number of carbonyl (C=O) groups is 1. The molecule has 17 heavy (non-hydrogen) atoms. The van der Waals surface area contributed by atoms with Crippen molar-refractivity contribution in [3.8, 4) is 0 Å². The van der Waals surface area contributed by atoms with Crippen LogP contribution in [-0.2, 0) is 4.74 Å². The fourth-order valence-electron chi connectivity index (χ4n) is 1.95. The summed E-state index contributed by atoms with van der Waals surface area (Å²) in [6.07, 6.45) is 2.16. The second-order valence-corrected chi connectivity index (χ2v) is 4.25. The third-order valence-electron chi connectivity index (χ3n) is 2.85. The zero-order chi connectivity index (χ0) is 12.3. The molecule has 0 saturated carbocycles. The summed E-state index contributed by atoms with van der Waals surface area (Å²) in [4.78, 5) is 27.2. The molecule has 0 aromatic carbocycles. The number of likely N-dealkylation sites (N-methyl/N-ethyl adjacent to an activating group) is 1. The number of ether oxygens (including phenoxy) is 1. The number of aromatic amines is 1. The molecule has 1 saturated heterocycles. The number of hydrogen-bond donors (Lipinski definition) is 1. The molecular weight excluding hydrogens is 220 g/mol. The molecule has 1 aliphatic rings. The number of amides is 1. The van der Waals surface area contributed by atoms with E-state index in [9.17, 15) is 9.59 Å². The lowest BCUT2D eigenvalue weighted by molar-refractivity contribution is 0.0582. The highest BCUT2D eigenvalue weighted by atomic mass is 16.5. The minimum Gasteiger partial charge on any atom is -0.376 e. The van der Waals surface area contributed by atoms with Gasteiger partial charge in [-0.2, -0.15) is 0 Å². The van der Waals surface area contributed by atoms with Crippen LogP contribution >= 0.6 is 0 Å². The van der Waals surface area contributed by atoms with E-state index in [0.29, 0.717) is 12.2 Å². The summed E-state index contributed by atoms with van der Waals surface area (Å²) < 4.78 is 5.47. The summed E-state index contributed by atoms with van der Waals surface area (Å²) in [5, 5.41) is 0. The van der Waals surface area contributed by atoms with Crippen LogP contribution in [0.4, 0.5) is 0 Å². The van der Waals surface area contributed by atoms with Crippen molar-refractivity contribution in [1.82, 2.24) is 9.88 Å². The van der Waals surface area contributed by atoms with E-state index in [1.54, 1.807) is 24.1 Å². The SMILES string of the molecule is CN(CC1CCCO1)C(=O)c1cccc(=O)[nH]1. The van der Waals surface area contributed by atoms with Gasteiger partial charge in [-0.05, 0) is 18.9 Å². The molecule has 1 aromatic rings. The molecule has 92 valence electrons. The third kappa shape index (κ3) is 2.94. The van der Waals surface area contributed by atoms with Crippen LogP contribution in [0, 0.1) is 0 Å². The van der Waals surface area contributed by atoms with Crippen molar-refractivity contribution in [2.75, 3.05) is 20.2 Å². The highest BCUT2D eigenvalue weighted by Crippen LogP contribution is 2.13. The number of rotatable bonds is 3. The highest BCUT2D eigenvalue weighted by molar-refractivity contribution is 5.92. The number of H-pyrrole nitrogens is 1. The number of carbonyl (C=O) groups excluding carboxylic acids is 1. The van der Waals surface area contributed by atoms with Gasteiger partial charge in [0.15, 0.2) is 0 Å². The van der Waals surface area contributed by atoms with Crippen LogP contribution in [0.25, 0.3) is 0 Å². The molecular formula is C12H16N2O3. The summed E-state index contributed by atoms with van der Waals surface area (Å²) in [6, 6.07) is 4.57. The molecule has 0 radical (unpaired) electrons. The molecule has 1 aromatic heterocycles. The van der Waals surface area contributed by atoms with Gasteiger partial charge in [-0.15, -0.1) is 0 Å². The first kappa shape index (κ1) is 11.9. The zero-order valence-electron chi connectivity index (χ0n) is 9.81. The van der Waals surface area contributed by atoms with E-state index >= 15 is 0 Å². The first-order valence-electron chi connectivity index (χ1n) is 5.73. The molecule has 2 rings (SSSR count). The Morgan fingerprint density at radius 3 is 3.06 bits per heavy atom. The smallest absolute Gasteiger partial charge is 0.270 e. The van der Waals surface area contributed by atoms with E-state index < -0.39 is 0 Å². The first-order chi connectivity index (χ1) is 8.16. The molecule has 1 N–H and O–H groups in total. The number of pyridine rings is 1. The molecule has 1 aliphatic heterocycles. The fourth-order valence-corrected chi connectivity index (χ4v) is 1.95. The van der Waals surface area contributed by atoms with Crippen LogP contribution < -0.4 is 5.56 Å². The lowest BCUT2D eigenvalue weighted by Crippen LogP contribution is -2.35. The summed E-state index contributed by atoms with van der Waals surface area (Å²) in [5.74, 6) is -0.182. The second kappa shape index (κ2) is 5.14. The van der Waals surface area contributed by atoms with Crippen LogP contribution in [0.3, 0.4) is 0 Å². The lowest BCUT2D eigenvalue weighted by Gasteiger charge is -2.20. The maximum absolute atomic E-state index is 12.0. The van der Waals surface area contributed by atoms with Crippen molar-refractivity contribution >= 4 is 5.91 Å². The van der Waals surface area contributed by atoms with Crippen LogP contribution in [0.2, 0.25) is 0 Å². The molecule has 1 unspecified atom stereocenters. The topological polar surface area (TPSA) is 62.4 Å². The van der Waals surface area contributed by atoms with Gasteiger partial charge in [-0.1, -0.05) is 6.07 Å². The van der Waals surface area contributed by atoms with E-state index in [1.165, 1.54) is 6.07 Å². The van der Waals surface area contributed by atoms with Crippen molar-refractivity contribution in [3.63, 3.8) is 0 Å². The summed E-state index contributed by atoms with van der Waals surface area (Å²) in [5.41, 5.74) is 0.0550. The van der Waals surface area contributed by atoms with Crippen LogP contribution in [0.15, 0.2) is 23.0 Å². The van der Waals surface area contributed by atoms with Crippen molar-refractivity contribution in [2.45, 2.75) is 18.9 Å². The van der Waals surface area contributed by atoms with E-state index in [1.807, 2.05) is 0 Å². The standard InChI is InChI=1S/C12H16N2O3/c1-14(8-9-4-3-7-17-9)12(16)10-5-2-6-11(15)13-10/h2,5-6,9H,3-4,7-8H2,1H3,(H,13,15). The molecule has 1 atom stereocenters. The maximum atomic E-state index is 12.0. The average Bonchev–Trinajstić information content (AvgIpc) is 2.80. The molecule has 0 spiro atoms. The molecule has 1 amide bonds. The average molecular weight is 236 g/mol. The van der Waals surface area contributed by atoms with Crippen LogP contribution in [0.5, 0.6) is 0 Å². The van der Waals surface area contributed by atoms with Crippen LogP contribution in [-0.4, -0.2) is 42.1 Å². The number of nitrogens with one attached hydrogen (secondary N) is 1. The Hall–Kier alpha value is -1.62. The Morgan fingerprint density at radius 2 is 2.41 bits per heavy atom. The predicted molar refractivity (Wildman–Crippen MR) is 63.0 cm³/mol. The van der Waals surface area contributed by atoms with Crippen molar-refractivity contribution in [1.29, 1.82) is 0 Å². The molecule has 0 bridgehead atoms. The van der Waals surface area contributed by atoms with Gasteiger partial charge in [0, 0.05) is 26.3 Å². The van der Waals surface area contributed by atoms with Crippen LogP contribution in [0.1, 0.15) is 23.3 Å². The minimum atomic E-state index is -0.263. The lowest BCUT2D eigenvalue weighted by atomic mass is 10.2. The molecule has 5 heteroatoms. The van der Waals surface area contributed by atoms with E-state index in [2.05, 4.69) is 4.98 Å². The van der Waals surface area contributed by atoms with Gasteiger partial charge in [0.25, 0.3) is 5.91 Å². The van der Waals surface area contributed by atoms with Gasteiger partial charge in [0.05, 0.1) is 6.10 Å². The van der Waals surface area contributed by atoms with E-state index in [4.69, 9.17) is 4.74 Å². The Morgan fingerprint density at radius 1 is 1.59 bits per heavy atom. The molecule has 5 nitrogen and oxygen atoms in total. The van der Waals surface area contributed by atoms with Gasteiger partial charge < -0.3 is 14.6 Å². The largest absolute Gasteiger partial charge is 0.376 e. The molecule has 2 heterocycles. The Kier molecular flexibility index (Phi) is 3.58. The Balaban J connectivity index is 2.01. The van der Waals surface area contributed by atoms with Gasteiger partial charge in [-0.3, -0.25) is 9.59 Å². The summed E-state index contributed by atoms with van der Waals surface area (Å²) in [7, 11) is 1.72. The Bertz CT molecular complexity index is 449. The molecule has 1 fully saturated rings. The fraction of sp³-hybridized carbons (Fsp3) is 0.500. The zero-order valence-corrected chi connectivity index (χ0v) is 9.81. The monoisotopic (exact) mass is 236 g/mol.